The second-order valence-corrected chi connectivity index (χ2v) is 6.47. The zero-order valence-electron chi connectivity index (χ0n) is 9.76. The zero-order chi connectivity index (χ0) is 13.2. The number of sulfone groups is 1. The molecule has 1 aliphatic heterocycles. The molecular weight excluding hydrogens is 258 g/mol. The lowest BCUT2D eigenvalue weighted by molar-refractivity contribution is 0.0922. The molecule has 18 heavy (non-hydrogen) atoms. The minimum absolute atomic E-state index is 0.150. The Balaban J connectivity index is 1.94. The third-order valence-corrected chi connectivity index (χ3v) is 4.44. The first kappa shape index (κ1) is 13.1. The molecule has 0 unspecified atom stereocenters. The first-order chi connectivity index (χ1) is 8.50. The van der Waals surface area contributed by atoms with Crippen molar-refractivity contribution in [2.45, 2.75) is 6.54 Å². The molecule has 0 aromatic carbocycles. The average Bonchev–Trinajstić information content (AvgIpc) is 2.79. The van der Waals surface area contributed by atoms with Gasteiger partial charge in [-0.2, -0.15) is 0 Å². The summed E-state index contributed by atoms with van der Waals surface area (Å²) in [6.07, 6.45) is 0. The molecule has 2 rings (SSSR count). The van der Waals surface area contributed by atoms with E-state index >= 15 is 0 Å². The number of carbonyl (C=O) groups is 1. The van der Waals surface area contributed by atoms with Gasteiger partial charge in [0.1, 0.15) is 5.76 Å². The fourth-order valence-electron chi connectivity index (χ4n) is 1.78. The quantitative estimate of drug-likeness (QED) is 0.420. The Hall–Kier alpha value is -1.38. The van der Waals surface area contributed by atoms with Gasteiger partial charge in [-0.15, -0.1) is 0 Å². The van der Waals surface area contributed by atoms with Gasteiger partial charge in [0.05, 0.1) is 18.1 Å². The van der Waals surface area contributed by atoms with Crippen LogP contribution in [0.5, 0.6) is 0 Å². The van der Waals surface area contributed by atoms with Gasteiger partial charge in [0.15, 0.2) is 15.6 Å². The van der Waals surface area contributed by atoms with E-state index in [1.165, 1.54) is 6.07 Å². The Morgan fingerprint density at radius 3 is 2.67 bits per heavy atom. The number of nitrogen functional groups attached to an aromatic ring is 1. The lowest BCUT2D eigenvalue weighted by atomic mass is 10.3. The molecule has 0 bridgehead atoms. The maximum Gasteiger partial charge on any atom is 0.300 e. The van der Waals surface area contributed by atoms with Gasteiger partial charge in [0.2, 0.25) is 0 Å². The number of amides is 1. The summed E-state index contributed by atoms with van der Waals surface area (Å²) in [6.45, 7) is 1.47. The van der Waals surface area contributed by atoms with Crippen molar-refractivity contribution in [3.05, 3.63) is 23.7 Å². The number of hydrogen-bond donors (Lipinski definition) is 2. The predicted molar refractivity (Wildman–Crippen MR) is 64.3 cm³/mol. The van der Waals surface area contributed by atoms with Crippen LogP contribution in [0.25, 0.3) is 0 Å². The van der Waals surface area contributed by atoms with Gasteiger partial charge < -0.3 is 4.42 Å². The lowest BCUT2D eigenvalue weighted by Gasteiger charge is -2.25. The molecule has 2 heterocycles. The van der Waals surface area contributed by atoms with E-state index in [0.717, 1.165) is 0 Å². The minimum atomic E-state index is -2.87. The van der Waals surface area contributed by atoms with Crippen LogP contribution in [0.1, 0.15) is 16.3 Å². The number of carbonyl (C=O) groups excluding carboxylic acids is 1. The van der Waals surface area contributed by atoms with Crippen molar-refractivity contribution >= 4 is 15.7 Å². The van der Waals surface area contributed by atoms with E-state index < -0.39 is 15.7 Å². The number of furan rings is 1. The van der Waals surface area contributed by atoms with Gasteiger partial charge in [-0.1, -0.05) is 0 Å². The van der Waals surface area contributed by atoms with Crippen molar-refractivity contribution < 1.29 is 17.6 Å². The van der Waals surface area contributed by atoms with E-state index in [2.05, 4.69) is 0 Å². The molecule has 1 aromatic rings. The number of nitrogens with one attached hydrogen (secondary N) is 1. The fourth-order valence-corrected chi connectivity index (χ4v) is 3.06. The van der Waals surface area contributed by atoms with E-state index in [0.29, 0.717) is 25.4 Å². The second-order valence-electron chi connectivity index (χ2n) is 4.17. The summed E-state index contributed by atoms with van der Waals surface area (Å²) in [5, 5.41) is 0. The van der Waals surface area contributed by atoms with E-state index in [4.69, 9.17) is 10.3 Å². The molecule has 7 nitrogen and oxygen atoms in total. The van der Waals surface area contributed by atoms with Crippen LogP contribution in [0.3, 0.4) is 0 Å². The third-order valence-electron chi connectivity index (χ3n) is 2.83. The van der Waals surface area contributed by atoms with E-state index in [-0.39, 0.29) is 17.3 Å². The van der Waals surface area contributed by atoms with Gasteiger partial charge in [0, 0.05) is 13.1 Å². The van der Waals surface area contributed by atoms with Gasteiger partial charge in [0.25, 0.3) is 0 Å². The van der Waals surface area contributed by atoms with Crippen LogP contribution in [-0.4, -0.2) is 43.8 Å². The maximum atomic E-state index is 11.3. The highest BCUT2D eigenvalue weighted by molar-refractivity contribution is 7.91. The standard InChI is InChI=1S/C10H15N3O4S/c11-12-10(14)9-2-1-8(17-9)7-13-3-5-18(15,16)6-4-13/h1-2H,3-7,11H2,(H,12,14). The monoisotopic (exact) mass is 273 g/mol. The third kappa shape index (κ3) is 3.09. The lowest BCUT2D eigenvalue weighted by Crippen LogP contribution is -2.39. The van der Waals surface area contributed by atoms with Gasteiger partial charge in [-0.25, -0.2) is 14.3 Å². The van der Waals surface area contributed by atoms with E-state index in [1.807, 2.05) is 10.3 Å². The van der Waals surface area contributed by atoms with Crippen molar-refractivity contribution in [2.75, 3.05) is 24.6 Å². The summed E-state index contributed by atoms with van der Waals surface area (Å²) in [4.78, 5) is 13.2. The molecule has 1 amide bonds. The molecule has 1 aliphatic rings. The van der Waals surface area contributed by atoms with Crippen LogP contribution in [0, 0.1) is 0 Å². The van der Waals surface area contributed by atoms with Gasteiger partial charge in [-0.3, -0.25) is 15.1 Å². The van der Waals surface area contributed by atoms with Crippen molar-refractivity contribution in [3.8, 4) is 0 Å². The number of nitrogens with two attached hydrogens (primary N) is 1. The van der Waals surface area contributed by atoms with Crippen LogP contribution in [0.15, 0.2) is 16.5 Å². The topological polar surface area (TPSA) is 106 Å². The SMILES string of the molecule is NNC(=O)c1ccc(CN2CCS(=O)(=O)CC2)o1. The van der Waals surface area contributed by atoms with Crippen LogP contribution in [0.2, 0.25) is 0 Å². The van der Waals surface area contributed by atoms with Crippen molar-refractivity contribution in [2.24, 2.45) is 5.84 Å². The molecule has 0 saturated carbocycles. The Kier molecular flexibility index (Phi) is 3.69. The first-order valence-electron chi connectivity index (χ1n) is 5.52. The smallest absolute Gasteiger partial charge is 0.300 e. The fraction of sp³-hybridized carbons (Fsp3) is 0.500. The summed E-state index contributed by atoms with van der Waals surface area (Å²) < 4.78 is 27.8. The van der Waals surface area contributed by atoms with Gasteiger partial charge >= 0.3 is 5.91 Å². The molecule has 1 aromatic heterocycles. The number of nitrogens with zero attached hydrogens (tertiary/aromatic N) is 1. The molecule has 1 saturated heterocycles. The number of hydrazine groups is 1. The Bertz CT molecular complexity index is 523. The van der Waals surface area contributed by atoms with Crippen molar-refractivity contribution in [3.63, 3.8) is 0 Å². The maximum absolute atomic E-state index is 11.3. The average molecular weight is 273 g/mol. The highest BCUT2D eigenvalue weighted by atomic mass is 32.2. The molecule has 0 radical (unpaired) electrons. The second kappa shape index (κ2) is 5.09. The molecule has 100 valence electrons. The highest BCUT2D eigenvalue weighted by Crippen LogP contribution is 2.13. The minimum Gasteiger partial charge on any atom is -0.455 e. The van der Waals surface area contributed by atoms with E-state index in [1.54, 1.807) is 6.07 Å². The van der Waals surface area contributed by atoms with Crippen LogP contribution >= 0.6 is 0 Å². The summed E-state index contributed by atoms with van der Waals surface area (Å²) >= 11 is 0. The van der Waals surface area contributed by atoms with Gasteiger partial charge in [-0.05, 0) is 12.1 Å². The molecule has 1 fully saturated rings. The van der Waals surface area contributed by atoms with Crippen LogP contribution in [0.4, 0.5) is 0 Å². The van der Waals surface area contributed by atoms with E-state index in [9.17, 15) is 13.2 Å². The predicted octanol–water partition coefficient (Wildman–Crippen LogP) is -0.886. The number of rotatable bonds is 3. The Morgan fingerprint density at radius 1 is 1.39 bits per heavy atom. The van der Waals surface area contributed by atoms with Crippen molar-refractivity contribution in [1.29, 1.82) is 0 Å². The van der Waals surface area contributed by atoms with Crippen LogP contribution < -0.4 is 11.3 Å². The number of hydrogen-bond acceptors (Lipinski definition) is 6. The van der Waals surface area contributed by atoms with Crippen LogP contribution in [-0.2, 0) is 16.4 Å². The summed E-state index contributed by atoms with van der Waals surface area (Å²) in [7, 11) is -2.87. The molecular formula is C10H15N3O4S. The molecule has 0 aliphatic carbocycles. The summed E-state index contributed by atoms with van der Waals surface area (Å²) in [6, 6.07) is 3.23. The Labute approximate surface area is 105 Å². The largest absolute Gasteiger partial charge is 0.455 e. The Morgan fingerprint density at radius 2 is 2.06 bits per heavy atom. The molecule has 3 N–H and O–H groups in total. The molecule has 0 spiro atoms. The normalized spacial score (nSPS) is 19.6. The zero-order valence-corrected chi connectivity index (χ0v) is 10.6. The molecule has 8 heteroatoms. The molecule has 0 atom stereocenters. The summed E-state index contributed by atoms with van der Waals surface area (Å²) in [5.41, 5.74) is 1.98. The first-order valence-corrected chi connectivity index (χ1v) is 7.35. The highest BCUT2D eigenvalue weighted by Gasteiger charge is 2.22. The summed E-state index contributed by atoms with van der Waals surface area (Å²) in [5.74, 6) is 5.62. The van der Waals surface area contributed by atoms with Crippen molar-refractivity contribution in [1.82, 2.24) is 10.3 Å².